The van der Waals surface area contributed by atoms with Crippen molar-refractivity contribution in [1.82, 2.24) is 15.5 Å². The second-order valence-corrected chi connectivity index (χ2v) is 6.56. The van der Waals surface area contributed by atoms with Crippen LogP contribution in [0, 0.1) is 13.8 Å². The third-order valence-electron chi connectivity index (χ3n) is 4.39. The predicted octanol–water partition coefficient (Wildman–Crippen LogP) is 4.44. The molecule has 1 amide bonds. The zero-order valence-corrected chi connectivity index (χ0v) is 15.2. The van der Waals surface area contributed by atoms with Gasteiger partial charge in [0.05, 0.1) is 17.6 Å². The normalized spacial score (nSPS) is 10.9. The highest BCUT2D eigenvalue weighted by Gasteiger charge is 2.14. The molecule has 1 N–H and O–H groups in total. The first-order chi connectivity index (χ1) is 13.1. The fraction of sp³-hybridized carbons (Fsp3) is 0.136. The van der Waals surface area contributed by atoms with Crippen LogP contribution in [0.5, 0.6) is 0 Å². The summed E-state index contributed by atoms with van der Waals surface area (Å²) in [5, 5.41) is 7.84. The van der Waals surface area contributed by atoms with Crippen molar-refractivity contribution >= 4 is 16.8 Å². The Morgan fingerprint density at radius 2 is 1.85 bits per heavy atom. The van der Waals surface area contributed by atoms with Gasteiger partial charge in [0.2, 0.25) is 0 Å². The van der Waals surface area contributed by atoms with Gasteiger partial charge >= 0.3 is 0 Å². The second-order valence-electron chi connectivity index (χ2n) is 6.56. The molecule has 0 saturated heterocycles. The van der Waals surface area contributed by atoms with Gasteiger partial charge in [-0.15, -0.1) is 0 Å². The third kappa shape index (κ3) is 3.58. The molecule has 0 bridgehead atoms. The van der Waals surface area contributed by atoms with E-state index in [9.17, 15) is 4.79 Å². The number of benzene rings is 2. The Balaban J connectivity index is 1.54. The van der Waals surface area contributed by atoms with Crippen LogP contribution in [0.4, 0.5) is 0 Å². The van der Waals surface area contributed by atoms with Crippen LogP contribution in [0.3, 0.4) is 0 Å². The molecule has 0 atom stereocenters. The molecule has 0 aliphatic carbocycles. The quantitative estimate of drug-likeness (QED) is 0.586. The van der Waals surface area contributed by atoms with Crippen molar-refractivity contribution in [2.75, 3.05) is 0 Å². The molecule has 0 saturated carbocycles. The number of aromatic nitrogens is 2. The van der Waals surface area contributed by atoms with Crippen LogP contribution in [-0.4, -0.2) is 16.0 Å². The van der Waals surface area contributed by atoms with Crippen molar-refractivity contribution in [3.8, 4) is 11.3 Å². The Hall–Kier alpha value is -3.47. The van der Waals surface area contributed by atoms with Crippen molar-refractivity contribution in [3.05, 3.63) is 83.2 Å². The minimum atomic E-state index is -0.159. The number of carbonyl (C=O) groups is 1. The summed E-state index contributed by atoms with van der Waals surface area (Å²) in [5.74, 6) is 0.447. The molecule has 5 heteroatoms. The Labute approximate surface area is 157 Å². The van der Waals surface area contributed by atoms with Gasteiger partial charge in [0, 0.05) is 22.7 Å². The van der Waals surface area contributed by atoms with Crippen LogP contribution in [0.15, 0.2) is 65.2 Å². The average molecular weight is 357 g/mol. The summed E-state index contributed by atoms with van der Waals surface area (Å²) >= 11 is 0. The Bertz CT molecular complexity index is 1120. The molecule has 0 fully saturated rings. The van der Waals surface area contributed by atoms with E-state index in [2.05, 4.69) is 15.5 Å². The highest BCUT2D eigenvalue weighted by molar-refractivity contribution is 6.06. The Kier molecular flexibility index (Phi) is 4.42. The number of rotatable bonds is 4. The lowest BCUT2D eigenvalue weighted by Crippen LogP contribution is -2.23. The van der Waals surface area contributed by atoms with Crippen LogP contribution in [-0.2, 0) is 6.54 Å². The molecule has 2 aromatic heterocycles. The molecule has 27 heavy (non-hydrogen) atoms. The van der Waals surface area contributed by atoms with E-state index in [0.717, 1.165) is 33.4 Å². The maximum Gasteiger partial charge on any atom is 0.252 e. The minimum Gasteiger partial charge on any atom is -0.359 e. The number of aryl methyl sites for hydroxylation is 2. The smallest absolute Gasteiger partial charge is 0.252 e. The van der Waals surface area contributed by atoms with Gasteiger partial charge in [0.1, 0.15) is 5.69 Å². The van der Waals surface area contributed by atoms with Crippen LogP contribution < -0.4 is 5.32 Å². The average Bonchev–Trinajstić information content (AvgIpc) is 3.15. The van der Waals surface area contributed by atoms with E-state index in [0.29, 0.717) is 11.3 Å². The van der Waals surface area contributed by atoms with Gasteiger partial charge in [-0.25, -0.2) is 0 Å². The van der Waals surface area contributed by atoms with Gasteiger partial charge in [-0.1, -0.05) is 47.1 Å². The minimum absolute atomic E-state index is 0.159. The van der Waals surface area contributed by atoms with Crippen molar-refractivity contribution < 1.29 is 9.32 Å². The molecule has 4 rings (SSSR count). The lowest BCUT2D eigenvalue weighted by molar-refractivity contribution is 0.0948. The van der Waals surface area contributed by atoms with Crippen molar-refractivity contribution in [2.24, 2.45) is 0 Å². The lowest BCUT2D eigenvalue weighted by atomic mass is 10.0. The fourth-order valence-electron chi connectivity index (χ4n) is 3.06. The number of hydrogen-bond acceptors (Lipinski definition) is 4. The monoisotopic (exact) mass is 357 g/mol. The molecule has 4 aromatic rings. The third-order valence-corrected chi connectivity index (χ3v) is 4.39. The van der Waals surface area contributed by atoms with Crippen LogP contribution in [0.1, 0.15) is 27.4 Å². The van der Waals surface area contributed by atoms with Gasteiger partial charge in [-0.05, 0) is 32.0 Å². The van der Waals surface area contributed by atoms with Crippen molar-refractivity contribution in [2.45, 2.75) is 20.4 Å². The summed E-state index contributed by atoms with van der Waals surface area (Å²) in [6.07, 6.45) is 0. The van der Waals surface area contributed by atoms with E-state index in [4.69, 9.17) is 4.52 Å². The number of nitrogens with zero attached hydrogens (tertiary/aromatic N) is 2. The molecular formula is C22H19N3O2. The van der Waals surface area contributed by atoms with Crippen LogP contribution >= 0.6 is 0 Å². The molecule has 2 heterocycles. The maximum absolute atomic E-state index is 12.8. The summed E-state index contributed by atoms with van der Waals surface area (Å²) in [6, 6.07) is 19.4. The molecule has 0 spiro atoms. The number of nitrogens with one attached hydrogen (secondary N) is 1. The number of amides is 1. The maximum atomic E-state index is 12.8. The van der Waals surface area contributed by atoms with Gasteiger partial charge in [0.25, 0.3) is 5.91 Å². The molecule has 2 aromatic carbocycles. The molecule has 0 radical (unpaired) electrons. The summed E-state index contributed by atoms with van der Waals surface area (Å²) in [5.41, 5.74) is 5.05. The van der Waals surface area contributed by atoms with Gasteiger partial charge in [-0.3, -0.25) is 9.78 Å². The summed E-state index contributed by atoms with van der Waals surface area (Å²) in [6.45, 7) is 4.16. The molecular weight excluding hydrogens is 338 g/mol. The molecule has 0 aliphatic rings. The number of pyridine rings is 1. The first kappa shape index (κ1) is 17.0. The lowest BCUT2D eigenvalue weighted by Gasteiger charge is -2.09. The van der Waals surface area contributed by atoms with E-state index < -0.39 is 0 Å². The standard InChI is InChI=1S/C22H19N3O2/c1-14-8-9-20-18(10-14)19(11-15(2)24-20)22(26)23-13-17-12-21(25-27-17)16-6-4-3-5-7-16/h3-12H,13H2,1-2H3,(H,23,26). The van der Waals surface area contributed by atoms with Gasteiger partial charge in [0.15, 0.2) is 5.76 Å². The van der Waals surface area contributed by atoms with Crippen molar-refractivity contribution in [3.63, 3.8) is 0 Å². The van der Waals surface area contributed by atoms with E-state index in [1.165, 1.54) is 0 Å². The second kappa shape index (κ2) is 7.03. The Morgan fingerprint density at radius 3 is 2.67 bits per heavy atom. The van der Waals surface area contributed by atoms with Crippen LogP contribution in [0.25, 0.3) is 22.2 Å². The van der Waals surface area contributed by atoms with E-state index in [1.807, 2.05) is 74.5 Å². The highest BCUT2D eigenvalue weighted by Crippen LogP contribution is 2.21. The topological polar surface area (TPSA) is 68.0 Å². The first-order valence-corrected chi connectivity index (χ1v) is 8.77. The van der Waals surface area contributed by atoms with Crippen LogP contribution in [0.2, 0.25) is 0 Å². The zero-order chi connectivity index (χ0) is 18.8. The Morgan fingerprint density at radius 1 is 1.04 bits per heavy atom. The van der Waals surface area contributed by atoms with E-state index >= 15 is 0 Å². The van der Waals surface area contributed by atoms with E-state index in [1.54, 1.807) is 0 Å². The molecule has 5 nitrogen and oxygen atoms in total. The SMILES string of the molecule is Cc1ccc2nc(C)cc(C(=O)NCc3cc(-c4ccccc4)no3)c2c1. The largest absolute Gasteiger partial charge is 0.359 e. The zero-order valence-electron chi connectivity index (χ0n) is 15.2. The number of hydrogen-bond donors (Lipinski definition) is 1. The molecule has 0 unspecified atom stereocenters. The van der Waals surface area contributed by atoms with E-state index in [-0.39, 0.29) is 12.5 Å². The molecule has 0 aliphatic heterocycles. The fourth-order valence-corrected chi connectivity index (χ4v) is 3.06. The molecule has 134 valence electrons. The van der Waals surface area contributed by atoms with Gasteiger partial charge < -0.3 is 9.84 Å². The summed E-state index contributed by atoms with van der Waals surface area (Å²) in [7, 11) is 0. The van der Waals surface area contributed by atoms with Gasteiger partial charge in [-0.2, -0.15) is 0 Å². The summed E-state index contributed by atoms with van der Waals surface area (Å²) in [4.78, 5) is 17.3. The van der Waals surface area contributed by atoms with Crippen molar-refractivity contribution in [1.29, 1.82) is 0 Å². The summed E-state index contributed by atoms with van der Waals surface area (Å²) < 4.78 is 5.36. The first-order valence-electron chi connectivity index (χ1n) is 8.77. The highest BCUT2D eigenvalue weighted by atomic mass is 16.5. The number of carbonyl (C=O) groups excluding carboxylic acids is 1. The predicted molar refractivity (Wildman–Crippen MR) is 104 cm³/mol. The number of fused-ring (bicyclic) bond motifs is 1.